The van der Waals surface area contributed by atoms with Crippen LogP contribution >= 0.6 is 0 Å². The largest absolute Gasteiger partial charge is 0.501 e. The molecule has 0 radical (unpaired) electrons. The summed E-state index contributed by atoms with van der Waals surface area (Å²) in [5.74, 6) is -0.198. The summed E-state index contributed by atoms with van der Waals surface area (Å²) in [7, 11) is 3.94. The minimum atomic E-state index is -0.198. The molecule has 0 aliphatic heterocycles. The molecule has 1 amide bonds. The number of nitrogens with one attached hydrogen (secondary N) is 1. The fourth-order valence-corrected chi connectivity index (χ4v) is 1.23. The van der Waals surface area contributed by atoms with Gasteiger partial charge >= 0.3 is 0 Å². The Morgan fingerprint density at radius 3 is 2.53 bits per heavy atom. The normalized spacial score (nSPS) is 10.3. The van der Waals surface area contributed by atoms with E-state index in [0.29, 0.717) is 6.61 Å². The van der Waals surface area contributed by atoms with E-state index < -0.39 is 0 Å². The molecule has 1 aromatic carbocycles. The van der Waals surface area contributed by atoms with Gasteiger partial charge in [0, 0.05) is 31.5 Å². The molecule has 0 spiro atoms. The predicted octanol–water partition coefficient (Wildman–Crippen LogP) is 2.24. The first-order valence-corrected chi connectivity index (χ1v) is 5.50. The van der Waals surface area contributed by atoms with Gasteiger partial charge < -0.3 is 15.0 Å². The maximum atomic E-state index is 11.4. The number of hydrogen-bond donors (Lipinski definition) is 1. The van der Waals surface area contributed by atoms with E-state index in [2.05, 4.69) is 5.32 Å². The van der Waals surface area contributed by atoms with Gasteiger partial charge in [-0.05, 0) is 31.2 Å². The van der Waals surface area contributed by atoms with Gasteiger partial charge in [0.1, 0.15) is 0 Å². The van der Waals surface area contributed by atoms with Gasteiger partial charge in [0.25, 0.3) is 5.91 Å². The van der Waals surface area contributed by atoms with Gasteiger partial charge in [-0.3, -0.25) is 4.79 Å². The number of hydrogen-bond acceptors (Lipinski definition) is 3. The Labute approximate surface area is 102 Å². The van der Waals surface area contributed by atoms with Crippen LogP contribution in [0.15, 0.2) is 36.6 Å². The van der Waals surface area contributed by atoms with Crippen molar-refractivity contribution < 1.29 is 9.53 Å². The van der Waals surface area contributed by atoms with Crippen LogP contribution in [0, 0.1) is 0 Å². The molecule has 17 heavy (non-hydrogen) atoms. The number of benzene rings is 1. The van der Waals surface area contributed by atoms with Crippen molar-refractivity contribution in [2.24, 2.45) is 0 Å². The highest BCUT2D eigenvalue weighted by Gasteiger charge is 1.99. The Bertz CT molecular complexity index is 383. The molecule has 1 aromatic rings. The molecular formula is C13H18N2O2. The highest BCUT2D eigenvalue weighted by molar-refractivity contribution is 5.99. The molecule has 4 nitrogen and oxygen atoms in total. The molecule has 0 unspecified atom stereocenters. The molecule has 0 heterocycles. The molecule has 1 N–H and O–H groups in total. The molecular weight excluding hydrogens is 216 g/mol. The van der Waals surface area contributed by atoms with Gasteiger partial charge in [0.15, 0.2) is 0 Å². The second-order valence-electron chi connectivity index (χ2n) is 3.69. The van der Waals surface area contributed by atoms with Crippen molar-refractivity contribution in [1.82, 2.24) is 0 Å². The zero-order valence-electron chi connectivity index (χ0n) is 10.4. The lowest BCUT2D eigenvalue weighted by atomic mass is 10.2. The van der Waals surface area contributed by atoms with Crippen LogP contribution in [-0.4, -0.2) is 26.6 Å². The summed E-state index contributed by atoms with van der Waals surface area (Å²) in [6, 6.07) is 7.62. The highest BCUT2D eigenvalue weighted by atomic mass is 16.5. The quantitative estimate of drug-likeness (QED) is 0.627. The van der Waals surface area contributed by atoms with Crippen LogP contribution in [0.3, 0.4) is 0 Å². The van der Waals surface area contributed by atoms with Gasteiger partial charge in [-0.1, -0.05) is 0 Å². The van der Waals surface area contributed by atoms with Crippen molar-refractivity contribution in [2.75, 3.05) is 30.9 Å². The average Bonchev–Trinajstić information content (AvgIpc) is 2.30. The number of amides is 1. The molecule has 0 aromatic heterocycles. The van der Waals surface area contributed by atoms with Crippen molar-refractivity contribution in [3.05, 3.63) is 36.6 Å². The second kappa shape index (κ2) is 6.58. The van der Waals surface area contributed by atoms with Gasteiger partial charge in [0.2, 0.25) is 0 Å². The summed E-state index contributed by atoms with van der Waals surface area (Å²) >= 11 is 0. The maximum absolute atomic E-state index is 11.4. The van der Waals surface area contributed by atoms with E-state index in [4.69, 9.17) is 4.74 Å². The summed E-state index contributed by atoms with van der Waals surface area (Å²) in [6.45, 7) is 2.42. The smallest absolute Gasteiger partial charge is 0.251 e. The summed E-state index contributed by atoms with van der Waals surface area (Å²) < 4.78 is 4.94. The number of carbonyl (C=O) groups is 1. The lowest BCUT2D eigenvalue weighted by Gasteiger charge is -2.12. The third-order valence-electron chi connectivity index (χ3n) is 2.13. The lowest BCUT2D eigenvalue weighted by Crippen LogP contribution is -2.10. The van der Waals surface area contributed by atoms with Gasteiger partial charge in [-0.15, -0.1) is 0 Å². The van der Waals surface area contributed by atoms with Crippen LogP contribution in [0.1, 0.15) is 6.92 Å². The van der Waals surface area contributed by atoms with Gasteiger partial charge in [0.05, 0.1) is 12.9 Å². The van der Waals surface area contributed by atoms with E-state index >= 15 is 0 Å². The minimum Gasteiger partial charge on any atom is -0.501 e. The van der Waals surface area contributed by atoms with Crippen molar-refractivity contribution in [3.63, 3.8) is 0 Å². The highest BCUT2D eigenvalue weighted by Crippen LogP contribution is 2.15. The summed E-state index contributed by atoms with van der Waals surface area (Å²) in [5.41, 5.74) is 1.86. The Morgan fingerprint density at radius 1 is 1.35 bits per heavy atom. The fourth-order valence-electron chi connectivity index (χ4n) is 1.23. The van der Waals surface area contributed by atoms with Crippen LogP contribution in [0.2, 0.25) is 0 Å². The van der Waals surface area contributed by atoms with E-state index in [1.807, 2.05) is 50.2 Å². The first-order valence-electron chi connectivity index (χ1n) is 5.50. The average molecular weight is 234 g/mol. The number of nitrogens with zero attached hydrogens (tertiary/aromatic N) is 1. The topological polar surface area (TPSA) is 41.6 Å². The zero-order chi connectivity index (χ0) is 12.7. The molecule has 0 bridgehead atoms. The molecule has 0 atom stereocenters. The number of rotatable bonds is 5. The zero-order valence-corrected chi connectivity index (χ0v) is 10.4. The fraction of sp³-hybridized carbons (Fsp3) is 0.308. The van der Waals surface area contributed by atoms with Crippen LogP contribution in [0.5, 0.6) is 0 Å². The molecule has 0 saturated carbocycles. The van der Waals surface area contributed by atoms with Crippen LogP contribution in [0.4, 0.5) is 11.4 Å². The second-order valence-corrected chi connectivity index (χ2v) is 3.69. The Morgan fingerprint density at radius 2 is 2.00 bits per heavy atom. The van der Waals surface area contributed by atoms with Crippen LogP contribution < -0.4 is 10.2 Å². The van der Waals surface area contributed by atoms with Gasteiger partial charge in [-0.2, -0.15) is 0 Å². The molecule has 1 rings (SSSR count). The molecule has 92 valence electrons. The number of ether oxygens (including phenoxy) is 1. The van der Waals surface area contributed by atoms with Crippen molar-refractivity contribution in [2.45, 2.75) is 6.92 Å². The van der Waals surface area contributed by atoms with E-state index in [1.54, 1.807) is 0 Å². The number of carbonyl (C=O) groups excluding carboxylic acids is 1. The first kappa shape index (κ1) is 13.1. The van der Waals surface area contributed by atoms with E-state index in [0.717, 1.165) is 11.4 Å². The summed E-state index contributed by atoms with van der Waals surface area (Å²) in [5, 5.41) is 2.74. The van der Waals surface area contributed by atoms with E-state index in [-0.39, 0.29) is 5.91 Å². The van der Waals surface area contributed by atoms with Crippen molar-refractivity contribution >= 4 is 17.3 Å². The molecule has 0 aliphatic carbocycles. The van der Waals surface area contributed by atoms with E-state index in [9.17, 15) is 4.79 Å². The Hall–Kier alpha value is -1.97. The third kappa shape index (κ3) is 4.59. The summed E-state index contributed by atoms with van der Waals surface area (Å²) in [4.78, 5) is 13.4. The third-order valence-corrected chi connectivity index (χ3v) is 2.13. The van der Waals surface area contributed by atoms with Crippen LogP contribution in [-0.2, 0) is 9.53 Å². The van der Waals surface area contributed by atoms with Crippen molar-refractivity contribution in [1.29, 1.82) is 0 Å². The van der Waals surface area contributed by atoms with Crippen LogP contribution in [0.25, 0.3) is 0 Å². The van der Waals surface area contributed by atoms with E-state index in [1.165, 1.54) is 12.3 Å². The monoisotopic (exact) mass is 234 g/mol. The minimum absolute atomic E-state index is 0.198. The SMILES string of the molecule is CCO/C=C/C(=O)Nc1ccc(N(C)C)cc1. The molecule has 4 heteroatoms. The van der Waals surface area contributed by atoms with Gasteiger partial charge in [-0.25, -0.2) is 0 Å². The first-order chi connectivity index (χ1) is 8.13. The molecule has 0 fully saturated rings. The standard InChI is InChI=1S/C13H18N2O2/c1-4-17-10-9-13(16)14-11-5-7-12(8-6-11)15(2)3/h5-10H,4H2,1-3H3,(H,14,16)/b10-9+. The number of anilines is 2. The molecule has 0 saturated heterocycles. The van der Waals surface area contributed by atoms with Crippen molar-refractivity contribution in [3.8, 4) is 0 Å². The molecule has 0 aliphatic rings. The maximum Gasteiger partial charge on any atom is 0.251 e. The predicted molar refractivity (Wildman–Crippen MR) is 70.2 cm³/mol. The summed E-state index contributed by atoms with van der Waals surface area (Å²) in [6.07, 6.45) is 2.76. The lowest BCUT2D eigenvalue weighted by molar-refractivity contribution is -0.112. The Balaban J connectivity index is 2.54. The Kier molecular flexibility index (Phi) is 5.07.